The van der Waals surface area contributed by atoms with Crippen molar-refractivity contribution in [2.45, 2.75) is 44.4 Å². The second-order valence-electron chi connectivity index (χ2n) is 7.13. The van der Waals surface area contributed by atoms with Crippen molar-refractivity contribution in [2.75, 3.05) is 31.9 Å². The number of benzene rings is 1. The molecular weight excluding hydrogens is 304 g/mol. The van der Waals surface area contributed by atoms with E-state index in [0.717, 1.165) is 13.1 Å². The SMILES string of the molecule is CC(C)c1ccc([C@H]2SCC(=O)N2CC[NH+]2CCCCC2)cc1. The van der Waals surface area contributed by atoms with Crippen LogP contribution in [0, 0.1) is 0 Å². The summed E-state index contributed by atoms with van der Waals surface area (Å²) < 4.78 is 0. The molecule has 1 N–H and O–H groups in total. The van der Waals surface area contributed by atoms with Crippen LogP contribution in [0.3, 0.4) is 0 Å². The Morgan fingerprint density at radius 2 is 1.87 bits per heavy atom. The van der Waals surface area contributed by atoms with Gasteiger partial charge in [-0.25, -0.2) is 0 Å². The van der Waals surface area contributed by atoms with Crippen molar-refractivity contribution in [1.82, 2.24) is 4.90 Å². The van der Waals surface area contributed by atoms with Crippen LogP contribution < -0.4 is 4.90 Å². The highest BCUT2D eigenvalue weighted by molar-refractivity contribution is 8.00. The minimum atomic E-state index is 0.216. The normalized spacial score (nSPS) is 23.0. The van der Waals surface area contributed by atoms with Crippen molar-refractivity contribution >= 4 is 17.7 Å². The van der Waals surface area contributed by atoms with E-state index in [0.29, 0.717) is 17.6 Å². The predicted molar refractivity (Wildman–Crippen MR) is 96.9 cm³/mol. The van der Waals surface area contributed by atoms with Crippen molar-refractivity contribution in [1.29, 1.82) is 0 Å². The number of carbonyl (C=O) groups is 1. The number of hydrogen-bond acceptors (Lipinski definition) is 2. The van der Waals surface area contributed by atoms with Gasteiger partial charge >= 0.3 is 0 Å². The van der Waals surface area contributed by atoms with Gasteiger partial charge in [0.1, 0.15) is 5.37 Å². The largest absolute Gasteiger partial charge is 0.333 e. The van der Waals surface area contributed by atoms with E-state index in [1.54, 1.807) is 16.7 Å². The summed E-state index contributed by atoms with van der Waals surface area (Å²) in [7, 11) is 0. The number of amides is 1. The topological polar surface area (TPSA) is 24.8 Å². The second-order valence-corrected chi connectivity index (χ2v) is 8.20. The standard InChI is InChI=1S/C19H28N2OS/c1-15(2)16-6-8-17(9-7-16)19-21(18(22)14-23-19)13-12-20-10-4-3-5-11-20/h6-9,15,19H,3-5,10-14H2,1-2H3/p+1/t19-/m1/s1. The van der Waals surface area contributed by atoms with Crippen LogP contribution in [-0.4, -0.2) is 42.7 Å². The van der Waals surface area contributed by atoms with Crippen LogP contribution in [-0.2, 0) is 4.79 Å². The Morgan fingerprint density at radius 3 is 2.52 bits per heavy atom. The number of nitrogens with zero attached hydrogens (tertiary/aromatic N) is 1. The van der Waals surface area contributed by atoms with Crippen LogP contribution in [0.2, 0.25) is 0 Å². The van der Waals surface area contributed by atoms with E-state index in [1.807, 2.05) is 0 Å². The van der Waals surface area contributed by atoms with E-state index < -0.39 is 0 Å². The smallest absolute Gasteiger partial charge is 0.234 e. The third-order valence-corrected chi connectivity index (χ3v) is 6.38. The third kappa shape index (κ3) is 4.10. The molecule has 3 nitrogen and oxygen atoms in total. The van der Waals surface area contributed by atoms with E-state index in [9.17, 15) is 4.79 Å². The highest BCUT2D eigenvalue weighted by Crippen LogP contribution is 2.38. The maximum Gasteiger partial charge on any atom is 0.234 e. The molecule has 2 heterocycles. The summed E-state index contributed by atoms with van der Waals surface area (Å²) in [5.41, 5.74) is 2.64. The van der Waals surface area contributed by atoms with Crippen molar-refractivity contribution in [3.8, 4) is 0 Å². The number of carbonyl (C=O) groups excluding carboxylic acids is 1. The fraction of sp³-hybridized carbons (Fsp3) is 0.632. The number of quaternary nitrogens is 1. The molecule has 126 valence electrons. The van der Waals surface area contributed by atoms with E-state index in [-0.39, 0.29) is 5.37 Å². The van der Waals surface area contributed by atoms with Crippen LogP contribution in [0.4, 0.5) is 0 Å². The van der Waals surface area contributed by atoms with Gasteiger partial charge in [0, 0.05) is 0 Å². The number of nitrogens with one attached hydrogen (secondary N) is 1. The summed E-state index contributed by atoms with van der Waals surface area (Å²) in [4.78, 5) is 16.1. The molecule has 1 atom stereocenters. The van der Waals surface area contributed by atoms with Gasteiger partial charge in [0.15, 0.2) is 0 Å². The molecule has 1 aromatic carbocycles. The van der Waals surface area contributed by atoms with Crippen LogP contribution in [0.5, 0.6) is 0 Å². The Labute approximate surface area is 144 Å². The molecule has 0 saturated carbocycles. The second kappa shape index (κ2) is 7.71. The summed E-state index contributed by atoms with van der Waals surface area (Å²) in [5.74, 6) is 1.50. The fourth-order valence-corrected chi connectivity index (χ4v) is 4.82. The maximum atomic E-state index is 12.3. The molecule has 0 unspecified atom stereocenters. The number of likely N-dealkylation sites (tertiary alicyclic amines) is 1. The number of thioether (sulfide) groups is 1. The first-order valence-corrected chi connectivity index (χ1v) is 10.0. The number of piperidine rings is 1. The van der Waals surface area contributed by atoms with Gasteiger partial charge in [-0.15, -0.1) is 11.8 Å². The molecule has 3 rings (SSSR count). The molecule has 1 aromatic rings. The monoisotopic (exact) mass is 333 g/mol. The lowest BCUT2D eigenvalue weighted by Crippen LogP contribution is -3.13. The summed E-state index contributed by atoms with van der Waals surface area (Å²) in [5, 5.41) is 0.216. The Kier molecular flexibility index (Phi) is 5.65. The average molecular weight is 334 g/mol. The lowest BCUT2D eigenvalue weighted by molar-refractivity contribution is -0.904. The van der Waals surface area contributed by atoms with Gasteiger partial charge < -0.3 is 9.80 Å². The van der Waals surface area contributed by atoms with Crippen LogP contribution in [0.1, 0.15) is 55.5 Å². The van der Waals surface area contributed by atoms with E-state index in [4.69, 9.17) is 0 Å². The minimum Gasteiger partial charge on any atom is -0.333 e. The Morgan fingerprint density at radius 1 is 1.17 bits per heavy atom. The molecule has 2 aliphatic rings. The third-order valence-electron chi connectivity index (χ3n) is 5.12. The highest BCUT2D eigenvalue weighted by Gasteiger charge is 2.33. The predicted octanol–water partition coefficient (Wildman–Crippen LogP) is 2.45. The molecule has 2 saturated heterocycles. The Balaban J connectivity index is 1.64. The summed E-state index contributed by atoms with van der Waals surface area (Å²) in [6, 6.07) is 8.87. The summed E-state index contributed by atoms with van der Waals surface area (Å²) in [6.07, 6.45) is 4.07. The summed E-state index contributed by atoms with van der Waals surface area (Å²) >= 11 is 1.78. The zero-order chi connectivity index (χ0) is 16.2. The van der Waals surface area contributed by atoms with Crippen molar-refractivity contribution in [2.24, 2.45) is 0 Å². The van der Waals surface area contributed by atoms with Crippen LogP contribution in [0.15, 0.2) is 24.3 Å². The Hall–Kier alpha value is -1.00. The molecule has 2 aliphatic heterocycles. The zero-order valence-electron chi connectivity index (χ0n) is 14.4. The molecule has 1 amide bonds. The maximum absolute atomic E-state index is 12.3. The van der Waals surface area contributed by atoms with Gasteiger partial charge in [-0.05, 0) is 36.3 Å². The van der Waals surface area contributed by atoms with Crippen molar-refractivity contribution < 1.29 is 9.69 Å². The van der Waals surface area contributed by atoms with Gasteiger partial charge in [0.05, 0.1) is 31.9 Å². The molecule has 23 heavy (non-hydrogen) atoms. The van der Waals surface area contributed by atoms with E-state index in [2.05, 4.69) is 43.0 Å². The Bertz CT molecular complexity index is 523. The first-order chi connectivity index (χ1) is 11.1. The van der Waals surface area contributed by atoms with E-state index >= 15 is 0 Å². The molecule has 0 aromatic heterocycles. The van der Waals surface area contributed by atoms with E-state index in [1.165, 1.54) is 43.5 Å². The van der Waals surface area contributed by atoms with Crippen molar-refractivity contribution in [3.05, 3.63) is 35.4 Å². The van der Waals surface area contributed by atoms with Gasteiger partial charge in [-0.3, -0.25) is 4.79 Å². The quantitative estimate of drug-likeness (QED) is 0.895. The summed E-state index contributed by atoms with van der Waals surface area (Å²) in [6.45, 7) is 9.00. The molecule has 0 bridgehead atoms. The fourth-order valence-electron chi connectivity index (χ4n) is 3.60. The molecular formula is C19H29N2OS+. The molecule has 2 fully saturated rings. The lowest BCUT2D eigenvalue weighted by Gasteiger charge is -2.28. The molecule has 4 heteroatoms. The minimum absolute atomic E-state index is 0.216. The lowest BCUT2D eigenvalue weighted by atomic mass is 10.0. The molecule has 0 aliphatic carbocycles. The molecule has 0 radical (unpaired) electrons. The number of hydrogen-bond donors (Lipinski definition) is 1. The van der Waals surface area contributed by atoms with Crippen LogP contribution >= 0.6 is 11.8 Å². The number of rotatable bonds is 5. The van der Waals surface area contributed by atoms with Crippen LogP contribution in [0.25, 0.3) is 0 Å². The van der Waals surface area contributed by atoms with Crippen molar-refractivity contribution in [3.63, 3.8) is 0 Å². The highest BCUT2D eigenvalue weighted by atomic mass is 32.2. The first-order valence-electron chi connectivity index (χ1n) is 8.99. The first kappa shape index (κ1) is 16.8. The van der Waals surface area contributed by atoms with Gasteiger partial charge in [0.2, 0.25) is 5.91 Å². The average Bonchev–Trinajstić information content (AvgIpc) is 2.95. The van der Waals surface area contributed by atoms with Gasteiger partial charge in [0.25, 0.3) is 0 Å². The zero-order valence-corrected chi connectivity index (χ0v) is 15.2. The molecule has 0 spiro atoms. The van der Waals surface area contributed by atoms with Gasteiger partial charge in [-0.2, -0.15) is 0 Å². The van der Waals surface area contributed by atoms with Gasteiger partial charge in [-0.1, -0.05) is 38.1 Å².